The van der Waals surface area contributed by atoms with Crippen molar-refractivity contribution in [1.82, 2.24) is 4.90 Å². The molecule has 1 N–H and O–H groups in total. The highest BCUT2D eigenvalue weighted by Gasteiger charge is 2.30. The molecule has 0 amide bonds. The number of ether oxygens (including phenoxy) is 1. The molecule has 1 saturated heterocycles. The van der Waals surface area contributed by atoms with Crippen molar-refractivity contribution < 1.29 is 9.84 Å². The fourth-order valence-electron chi connectivity index (χ4n) is 1.92. The molecular weight excluding hydrogens is 178 g/mol. The van der Waals surface area contributed by atoms with Crippen LogP contribution < -0.4 is 0 Å². The normalized spacial score (nSPS) is 21.4. The van der Waals surface area contributed by atoms with Gasteiger partial charge in [0.15, 0.2) is 0 Å². The number of nitrogens with zero attached hydrogens (tertiary/aromatic N) is 1. The predicted octanol–water partition coefficient (Wildman–Crippen LogP) is 1.26. The van der Waals surface area contributed by atoms with Gasteiger partial charge in [-0.1, -0.05) is 13.3 Å². The molecule has 1 aliphatic heterocycles. The second-order valence-corrected chi connectivity index (χ2v) is 4.43. The first-order chi connectivity index (χ1) is 6.66. The minimum atomic E-state index is -0.499. The van der Waals surface area contributed by atoms with E-state index in [9.17, 15) is 5.11 Å². The maximum atomic E-state index is 10.2. The molecule has 0 radical (unpaired) electrons. The quantitative estimate of drug-likeness (QED) is 0.727. The molecule has 0 spiro atoms. The molecule has 0 aromatic rings. The lowest BCUT2D eigenvalue weighted by Crippen LogP contribution is -2.45. The summed E-state index contributed by atoms with van der Waals surface area (Å²) in [5, 5.41) is 10.2. The van der Waals surface area contributed by atoms with Gasteiger partial charge >= 0.3 is 0 Å². The Labute approximate surface area is 87.1 Å². The van der Waals surface area contributed by atoms with Gasteiger partial charge in [0.2, 0.25) is 0 Å². The topological polar surface area (TPSA) is 32.7 Å². The SMILES string of the molecule is CCCCN(C)CC1(O)CCOCC1. The minimum absolute atomic E-state index is 0.499. The van der Waals surface area contributed by atoms with Gasteiger partial charge in [-0.3, -0.25) is 0 Å². The van der Waals surface area contributed by atoms with E-state index in [1.165, 1.54) is 12.8 Å². The lowest BCUT2D eigenvalue weighted by Gasteiger charge is -2.35. The first kappa shape index (κ1) is 12.0. The van der Waals surface area contributed by atoms with E-state index in [2.05, 4.69) is 18.9 Å². The molecule has 1 rings (SSSR count). The highest BCUT2D eigenvalue weighted by molar-refractivity contribution is 4.83. The van der Waals surface area contributed by atoms with E-state index in [0.29, 0.717) is 13.2 Å². The van der Waals surface area contributed by atoms with Gasteiger partial charge in [0, 0.05) is 32.6 Å². The van der Waals surface area contributed by atoms with Crippen molar-refractivity contribution in [3.63, 3.8) is 0 Å². The molecule has 0 aliphatic carbocycles. The molecule has 1 heterocycles. The van der Waals surface area contributed by atoms with Crippen LogP contribution in [0, 0.1) is 0 Å². The average molecular weight is 201 g/mol. The van der Waals surface area contributed by atoms with Crippen LogP contribution in [0.4, 0.5) is 0 Å². The number of hydrogen-bond donors (Lipinski definition) is 1. The summed E-state index contributed by atoms with van der Waals surface area (Å²) in [6.45, 7) is 5.48. The summed E-state index contributed by atoms with van der Waals surface area (Å²) in [6, 6.07) is 0. The Kier molecular flexibility index (Phi) is 4.85. The van der Waals surface area contributed by atoms with Crippen molar-refractivity contribution in [2.45, 2.75) is 38.2 Å². The van der Waals surface area contributed by atoms with E-state index in [1.807, 2.05) is 0 Å². The molecular formula is C11H23NO2. The maximum Gasteiger partial charge on any atom is 0.0817 e. The zero-order chi connectivity index (χ0) is 10.4. The van der Waals surface area contributed by atoms with E-state index in [4.69, 9.17) is 4.74 Å². The summed E-state index contributed by atoms with van der Waals surface area (Å²) >= 11 is 0. The summed E-state index contributed by atoms with van der Waals surface area (Å²) in [5.41, 5.74) is -0.499. The largest absolute Gasteiger partial charge is 0.388 e. The van der Waals surface area contributed by atoms with E-state index in [-0.39, 0.29) is 0 Å². The summed E-state index contributed by atoms with van der Waals surface area (Å²) in [6.07, 6.45) is 3.99. The first-order valence-corrected chi connectivity index (χ1v) is 5.65. The molecule has 1 aliphatic rings. The number of aliphatic hydroxyl groups is 1. The Morgan fingerprint density at radius 1 is 1.36 bits per heavy atom. The highest BCUT2D eigenvalue weighted by Crippen LogP contribution is 2.21. The van der Waals surface area contributed by atoms with E-state index >= 15 is 0 Å². The minimum Gasteiger partial charge on any atom is -0.388 e. The second kappa shape index (κ2) is 5.69. The molecule has 3 heteroatoms. The molecule has 3 nitrogen and oxygen atoms in total. The first-order valence-electron chi connectivity index (χ1n) is 5.65. The van der Waals surface area contributed by atoms with Crippen LogP contribution in [0.5, 0.6) is 0 Å². The maximum absolute atomic E-state index is 10.2. The summed E-state index contributed by atoms with van der Waals surface area (Å²) < 4.78 is 5.25. The van der Waals surface area contributed by atoms with Crippen molar-refractivity contribution in [2.75, 3.05) is 33.4 Å². The molecule has 84 valence electrons. The van der Waals surface area contributed by atoms with Crippen LogP contribution in [0.15, 0.2) is 0 Å². The van der Waals surface area contributed by atoms with Gasteiger partial charge in [0.1, 0.15) is 0 Å². The third-order valence-corrected chi connectivity index (χ3v) is 2.88. The van der Waals surface area contributed by atoms with Gasteiger partial charge in [0.05, 0.1) is 5.60 Å². The monoisotopic (exact) mass is 201 g/mol. The lowest BCUT2D eigenvalue weighted by molar-refractivity contribution is -0.0768. The van der Waals surface area contributed by atoms with Crippen LogP contribution in [0.1, 0.15) is 32.6 Å². The van der Waals surface area contributed by atoms with E-state index in [0.717, 1.165) is 25.9 Å². The fourth-order valence-corrected chi connectivity index (χ4v) is 1.92. The predicted molar refractivity (Wildman–Crippen MR) is 57.4 cm³/mol. The Morgan fingerprint density at radius 3 is 2.57 bits per heavy atom. The number of likely N-dealkylation sites (N-methyl/N-ethyl adjacent to an activating group) is 1. The Bertz CT molecular complexity index is 155. The summed E-state index contributed by atoms with van der Waals surface area (Å²) in [5.74, 6) is 0. The zero-order valence-electron chi connectivity index (χ0n) is 9.46. The summed E-state index contributed by atoms with van der Waals surface area (Å²) in [7, 11) is 2.09. The Hall–Kier alpha value is -0.120. The van der Waals surface area contributed by atoms with Crippen LogP contribution in [-0.2, 0) is 4.74 Å². The van der Waals surface area contributed by atoms with E-state index in [1.54, 1.807) is 0 Å². The zero-order valence-corrected chi connectivity index (χ0v) is 9.46. The van der Waals surface area contributed by atoms with Crippen molar-refractivity contribution in [3.05, 3.63) is 0 Å². The van der Waals surface area contributed by atoms with Crippen molar-refractivity contribution in [3.8, 4) is 0 Å². The Morgan fingerprint density at radius 2 is 2.00 bits per heavy atom. The smallest absolute Gasteiger partial charge is 0.0817 e. The van der Waals surface area contributed by atoms with E-state index < -0.39 is 5.60 Å². The highest BCUT2D eigenvalue weighted by atomic mass is 16.5. The number of hydrogen-bond acceptors (Lipinski definition) is 3. The van der Waals surface area contributed by atoms with Crippen LogP contribution in [0.3, 0.4) is 0 Å². The van der Waals surface area contributed by atoms with Crippen molar-refractivity contribution in [2.24, 2.45) is 0 Å². The molecule has 0 unspecified atom stereocenters. The van der Waals surface area contributed by atoms with Crippen molar-refractivity contribution in [1.29, 1.82) is 0 Å². The van der Waals surface area contributed by atoms with Crippen LogP contribution >= 0.6 is 0 Å². The Balaban J connectivity index is 2.25. The number of unbranched alkanes of at least 4 members (excludes halogenated alkanes) is 1. The average Bonchev–Trinajstić information content (AvgIpc) is 2.15. The van der Waals surface area contributed by atoms with Crippen molar-refractivity contribution >= 4 is 0 Å². The molecule has 14 heavy (non-hydrogen) atoms. The molecule has 0 aromatic carbocycles. The third-order valence-electron chi connectivity index (χ3n) is 2.88. The molecule has 0 atom stereocenters. The van der Waals surface area contributed by atoms with Gasteiger partial charge in [-0.25, -0.2) is 0 Å². The van der Waals surface area contributed by atoms with Gasteiger partial charge in [-0.15, -0.1) is 0 Å². The molecule has 0 saturated carbocycles. The third kappa shape index (κ3) is 3.95. The molecule has 0 aromatic heterocycles. The molecule has 0 bridgehead atoms. The van der Waals surface area contributed by atoms with Crippen LogP contribution in [-0.4, -0.2) is 49.0 Å². The molecule has 1 fully saturated rings. The van der Waals surface area contributed by atoms with Crippen LogP contribution in [0.25, 0.3) is 0 Å². The van der Waals surface area contributed by atoms with Crippen LogP contribution in [0.2, 0.25) is 0 Å². The standard InChI is InChI=1S/C11H23NO2/c1-3-4-7-12(2)10-11(13)5-8-14-9-6-11/h13H,3-10H2,1-2H3. The fraction of sp³-hybridized carbons (Fsp3) is 1.00. The van der Waals surface area contributed by atoms with Gasteiger partial charge in [-0.2, -0.15) is 0 Å². The van der Waals surface area contributed by atoms with Gasteiger partial charge < -0.3 is 14.7 Å². The van der Waals surface area contributed by atoms with Gasteiger partial charge in [-0.05, 0) is 20.0 Å². The summed E-state index contributed by atoms with van der Waals surface area (Å²) in [4.78, 5) is 2.23. The second-order valence-electron chi connectivity index (χ2n) is 4.43. The number of rotatable bonds is 5. The lowest BCUT2D eigenvalue weighted by atomic mass is 9.94. The van der Waals surface area contributed by atoms with Gasteiger partial charge in [0.25, 0.3) is 0 Å².